The maximum atomic E-state index is 13.6. The van der Waals surface area contributed by atoms with E-state index in [-0.39, 0.29) is 11.2 Å². The van der Waals surface area contributed by atoms with Crippen molar-refractivity contribution in [3.05, 3.63) is 50.7 Å². The summed E-state index contributed by atoms with van der Waals surface area (Å²) in [6, 6.07) is 8.33. The maximum absolute atomic E-state index is 13.6. The lowest BCUT2D eigenvalue weighted by Gasteiger charge is -2.33. The van der Waals surface area contributed by atoms with E-state index in [4.69, 9.17) is 4.98 Å². The maximum Gasteiger partial charge on any atom is 0.332 e. The van der Waals surface area contributed by atoms with Crippen LogP contribution in [0.2, 0.25) is 0 Å². The summed E-state index contributed by atoms with van der Waals surface area (Å²) in [5.74, 6) is 1.09. The number of likely N-dealkylation sites (tertiary alicyclic amines) is 1. The smallest absolute Gasteiger partial charge is 0.312 e. The van der Waals surface area contributed by atoms with E-state index < -0.39 is 0 Å². The zero-order valence-corrected chi connectivity index (χ0v) is 19.3. The van der Waals surface area contributed by atoms with Crippen LogP contribution in [0.5, 0.6) is 0 Å². The van der Waals surface area contributed by atoms with Gasteiger partial charge in [-0.2, -0.15) is 4.98 Å². The van der Waals surface area contributed by atoms with Gasteiger partial charge in [-0.15, -0.1) is 0 Å². The third-order valence-electron chi connectivity index (χ3n) is 6.84. The Morgan fingerprint density at radius 3 is 2.59 bits per heavy atom. The molecule has 3 aromatic rings. The molecule has 2 aromatic heterocycles. The molecule has 5 rings (SSSR count). The van der Waals surface area contributed by atoms with Gasteiger partial charge in [-0.1, -0.05) is 25.5 Å². The third-order valence-corrected chi connectivity index (χ3v) is 6.84. The van der Waals surface area contributed by atoms with E-state index in [1.807, 2.05) is 10.6 Å². The first-order valence-electron chi connectivity index (χ1n) is 11.7. The number of nitrogens with zero attached hydrogens (tertiary/aromatic N) is 6. The second-order valence-electron chi connectivity index (χ2n) is 9.45. The largest absolute Gasteiger partial charge is 0.332 e. The zero-order valence-electron chi connectivity index (χ0n) is 19.3. The number of benzene rings is 1. The predicted octanol–water partition coefficient (Wildman–Crippen LogP) is 2.48. The topological polar surface area (TPSA) is 68.3 Å². The van der Waals surface area contributed by atoms with Crippen molar-refractivity contribution in [3.63, 3.8) is 0 Å². The van der Waals surface area contributed by atoms with Gasteiger partial charge < -0.3 is 14.4 Å². The van der Waals surface area contributed by atoms with E-state index in [1.165, 1.54) is 34.0 Å². The number of hydrogen-bond acceptors (Lipinski definition) is 5. The normalized spacial score (nSPS) is 19.5. The number of piperidine rings is 1. The lowest BCUT2D eigenvalue weighted by Crippen LogP contribution is -2.43. The van der Waals surface area contributed by atoms with Gasteiger partial charge in [-0.25, -0.2) is 4.79 Å². The summed E-state index contributed by atoms with van der Waals surface area (Å²) >= 11 is 0. The number of anilines is 2. The van der Waals surface area contributed by atoms with Crippen molar-refractivity contribution in [2.75, 3.05) is 31.1 Å². The molecule has 170 valence electrons. The fourth-order valence-electron chi connectivity index (χ4n) is 5.14. The molecule has 1 atom stereocenters. The van der Waals surface area contributed by atoms with Crippen LogP contribution in [0.25, 0.3) is 11.2 Å². The SMILES string of the molecule is Cc1cccc(N2CC(C)Cn3c2nc2c3c(=O)n(CCN3CCCCC3)c(=O)n2C)c1. The van der Waals surface area contributed by atoms with Crippen molar-refractivity contribution in [1.82, 2.24) is 23.6 Å². The van der Waals surface area contributed by atoms with Gasteiger partial charge in [-0.3, -0.25) is 13.9 Å². The fraction of sp³-hybridized carbons (Fsp3) is 0.542. The predicted molar refractivity (Wildman–Crippen MR) is 127 cm³/mol. The number of rotatable bonds is 4. The molecule has 2 aliphatic heterocycles. The van der Waals surface area contributed by atoms with Crippen LogP contribution in [-0.4, -0.2) is 49.8 Å². The molecule has 0 radical (unpaired) electrons. The summed E-state index contributed by atoms with van der Waals surface area (Å²) in [5.41, 5.74) is 2.72. The average molecular weight is 437 g/mol. The van der Waals surface area contributed by atoms with Gasteiger partial charge in [0, 0.05) is 38.9 Å². The quantitative estimate of drug-likeness (QED) is 0.629. The highest BCUT2D eigenvalue weighted by Gasteiger charge is 2.30. The minimum Gasteiger partial charge on any atom is -0.312 e. The van der Waals surface area contributed by atoms with Crippen LogP contribution in [0.3, 0.4) is 0 Å². The second-order valence-corrected chi connectivity index (χ2v) is 9.45. The van der Waals surface area contributed by atoms with Crippen molar-refractivity contribution in [1.29, 1.82) is 0 Å². The van der Waals surface area contributed by atoms with Gasteiger partial charge in [0.1, 0.15) is 0 Å². The molecule has 2 aliphatic rings. The van der Waals surface area contributed by atoms with E-state index in [9.17, 15) is 9.59 Å². The Kier molecular flexibility index (Phi) is 5.41. The molecule has 1 unspecified atom stereocenters. The van der Waals surface area contributed by atoms with E-state index in [0.29, 0.717) is 30.2 Å². The molecule has 0 saturated carbocycles. The van der Waals surface area contributed by atoms with Crippen molar-refractivity contribution >= 4 is 22.8 Å². The Morgan fingerprint density at radius 1 is 1.06 bits per heavy atom. The Bertz CT molecular complexity index is 1260. The van der Waals surface area contributed by atoms with Crippen LogP contribution < -0.4 is 16.1 Å². The third kappa shape index (κ3) is 3.56. The molecule has 8 nitrogen and oxygen atoms in total. The Labute approximate surface area is 187 Å². The molecule has 0 spiro atoms. The molecule has 0 aliphatic carbocycles. The van der Waals surface area contributed by atoms with Crippen LogP contribution in [0, 0.1) is 12.8 Å². The molecule has 32 heavy (non-hydrogen) atoms. The van der Waals surface area contributed by atoms with Crippen molar-refractivity contribution < 1.29 is 0 Å². The van der Waals surface area contributed by atoms with Gasteiger partial charge in [0.25, 0.3) is 5.56 Å². The molecule has 0 amide bonds. The van der Waals surface area contributed by atoms with Crippen LogP contribution in [0.1, 0.15) is 31.7 Å². The molecule has 4 heterocycles. The van der Waals surface area contributed by atoms with Crippen molar-refractivity contribution in [3.8, 4) is 0 Å². The van der Waals surface area contributed by atoms with Crippen molar-refractivity contribution in [2.45, 2.75) is 46.2 Å². The van der Waals surface area contributed by atoms with Gasteiger partial charge in [0.2, 0.25) is 5.95 Å². The number of fused-ring (bicyclic) bond motifs is 3. The summed E-state index contributed by atoms with van der Waals surface area (Å²) < 4.78 is 4.96. The highest BCUT2D eigenvalue weighted by molar-refractivity contribution is 5.77. The highest BCUT2D eigenvalue weighted by Crippen LogP contribution is 2.33. The first-order valence-corrected chi connectivity index (χ1v) is 11.7. The van der Waals surface area contributed by atoms with Gasteiger partial charge in [0.05, 0.1) is 0 Å². The van der Waals surface area contributed by atoms with E-state index in [2.05, 4.69) is 41.8 Å². The molecule has 8 heteroatoms. The molecule has 1 fully saturated rings. The summed E-state index contributed by atoms with van der Waals surface area (Å²) in [5, 5.41) is 0. The molecular weight excluding hydrogens is 404 g/mol. The zero-order chi connectivity index (χ0) is 22.4. The Morgan fingerprint density at radius 2 is 1.84 bits per heavy atom. The van der Waals surface area contributed by atoms with Crippen LogP contribution in [0.4, 0.5) is 11.6 Å². The number of aryl methyl sites for hydroxylation is 2. The van der Waals surface area contributed by atoms with Crippen LogP contribution >= 0.6 is 0 Å². The van der Waals surface area contributed by atoms with E-state index >= 15 is 0 Å². The van der Waals surface area contributed by atoms with Crippen LogP contribution in [-0.2, 0) is 20.1 Å². The summed E-state index contributed by atoms with van der Waals surface area (Å²) in [4.78, 5) is 36.0. The highest BCUT2D eigenvalue weighted by atomic mass is 16.2. The lowest BCUT2D eigenvalue weighted by molar-refractivity contribution is 0.218. The summed E-state index contributed by atoms with van der Waals surface area (Å²) in [7, 11) is 1.72. The number of hydrogen-bond donors (Lipinski definition) is 0. The monoisotopic (exact) mass is 436 g/mol. The first kappa shape index (κ1) is 21.0. The lowest BCUT2D eigenvalue weighted by atomic mass is 10.1. The van der Waals surface area contributed by atoms with Gasteiger partial charge >= 0.3 is 5.69 Å². The van der Waals surface area contributed by atoms with E-state index in [0.717, 1.165) is 37.8 Å². The minimum atomic E-state index is -0.287. The fourth-order valence-corrected chi connectivity index (χ4v) is 5.14. The van der Waals surface area contributed by atoms with Gasteiger partial charge in [-0.05, 0) is 56.5 Å². The Balaban J connectivity index is 1.61. The minimum absolute atomic E-state index is 0.225. The van der Waals surface area contributed by atoms with E-state index in [1.54, 1.807) is 7.05 Å². The second kappa shape index (κ2) is 8.24. The summed E-state index contributed by atoms with van der Waals surface area (Å²) in [6.07, 6.45) is 3.64. The number of aromatic nitrogens is 4. The Hall–Kier alpha value is -2.87. The molecule has 1 saturated heterocycles. The molecule has 0 N–H and O–H groups in total. The molecule has 1 aromatic carbocycles. The number of imidazole rings is 1. The molecular formula is C24H32N6O2. The average Bonchev–Trinajstić information content (AvgIpc) is 3.17. The van der Waals surface area contributed by atoms with Gasteiger partial charge in [0.15, 0.2) is 11.2 Å². The first-order chi connectivity index (χ1) is 15.4. The van der Waals surface area contributed by atoms with Crippen LogP contribution in [0.15, 0.2) is 33.9 Å². The van der Waals surface area contributed by atoms with Crippen molar-refractivity contribution in [2.24, 2.45) is 13.0 Å². The standard InChI is InChI=1S/C24H32N6O2/c1-17-8-7-9-19(14-17)29-15-18(2)16-30-20-21(25-23(29)30)26(3)24(32)28(22(20)31)13-12-27-10-5-4-6-11-27/h7-9,14,18H,4-6,10-13,15-16H2,1-3H3. The summed E-state index contributed by atoms with van der Waals surface area (Å²) in [6.45, 7) is 9.04. The molecule has 0 bridgehead atoms.